The summed E-state index contributed by atoms with van der Waals surface area (Å²) in [4.78, 5) is 13.1. The molecule has 1 amide bonds. The molecule has 0 atom stereocenters. The zero-order valence-electron chi connectivity index (χ0n) is 15.7. The highest BCUT2D eigenvalue weighted by molar-refractivity contribution is 7.92. The Morgan fingerprint density at radius 2 is 1.83 bits per heavy atom. The van der Waals surface area contributed by atoms with Crippen LogP contribution in [0.5, 0.6) is 5.75 Å². The summed E-state index contributed by atoms with van der Waals surface area (Å²) in [5.41, 5.74) is 1.08. The van der Waals surface area contributed by atoms with Crippen LogP contribution in [0.3, 0.4) is 0 Å². The van der Waals surface area contributed by atoms with Crippen molar-refractivity contribution in [3.8, 4) is 5.75 Å². The Labute approximate surface area is 173 Å². The van der Waals surface area contributed by atoms with Gasteiger partial charge in [0.15, 0.2) is 0 Å². The van der Waals surface area contributed by atoms with Gasteiger partial charge in [0, 0.05) is 11.0 Å². The van der Waals surface area contributed by atoms with Gasteiger partial charge in [-0.15, -0.1) is 11.3 Å². The Kier molecular flexibility index (Phi) is 6.69. The lowest BCUT2D eigenvalue weighted by Crippen LogP contribution is -2.19. The van der Waals surface area contributed by atoms with E-state index in [2.05, 4.69) is 10.0 Å². The first kappa shape index (κ1) is 20.6. The van der Waals surface area contributed by atoms with Crippen molar-refractivity contribution in [1.82, 2.24) is 5.32 Å². The fourth-order valence-corrected chi connectivity index (χ4v) is 4.22. The summed E-state index contributed by atoms with van der Waals surface area (Å²) in [5.74, 6) is 0.220. The normalized spacial score (nSPS) is 11.3. The number of hydrogen-bond acceptors (Lipinski definition) is 5. The highest BCUT2D eigenvalue weighted by atomic mass is 32.2. The van der Waals surface area contributed by atoms with Gasteiger partial charge >= 0.3 is 0 Å². The van der Waals surface area contributed by atoms with Crippen molar-refractivity contribution in [2.24, 2.45) is 0 Å². The molecule has 3 aromatic rings. The van der Waals surface area contributed by atoms with Gasteiger partial charge in [-0.05, 0) is 47.4 Å². The van der Waals surface area contributed by atoms with E-state index in [0.717, 1.165) is 4.88 Å². The molecule has 150 valence electrons. The first-order chi connectivity index (χ1) is 14.0. The average Bonchev–Trinajstić information content (AvgIpc) is 3.25. The Morgan fingerprint density at radius 3 is 2.52 bits per heavy atom. The largest absolute Gasteiger partial charge is 0.495 e. The summed E-state index contributed by atoms with van der Waals surface area (Å²) in [6.45, 7) is 0.479. The van der Waals surface area contributed by atoms with E-state index in [9.17, 15) is 13.2 Å². The van der Waals surface area contributed by atoms with Crippen molar-refractivity contribution >= 4 is 39.0 Å². The van der Waals surface area contributed by atoms with E-state index >= 15 is 0 Å². The van der Waals surface area contributed by atoms with Crippen LogP contribution in [0, 0.1) is 0 Å². The molecular formula is C21H20N2O4S2. The maximum absolute atomic E-state index is 12.6. The summed E-state index contributed by atoms with van der Waals surface area (Å²) in [6.07, 6.45) is 3.05. The van der Waals surface area contributed by atoms with Crippen LogP contribution < -0.4 is 14.8 Å². The van der Waals surface area contributed by atoms with Crippen LogP contribution in [0.1, 0.15) is 10.4 Å². The number of hydrogen-bond donors (Lipinski definition) is 2. The molecule has 0 unspecified atom stereocenters. The predicted octanol–water partition coefficient (Wildman–Crippen LogP) is 3.89. The number of nitrogens with one attached hydrogen (secondary N) is 2. The van der Waals surface area contributed by atoms with E-state index in [0.29, 0.717) is 23.5 Å². The Bertz CT molecular complexity index is 1090. The summed E-state index contributed by atoms with van der Waals surface area (Å²) in [7, 11) is -2.28. The van der Waals surface area contributed by atoms with Crippen LogP contribution in [0.15, 0.2) is 77.0 Å². The van der Waals surface area contributed by atoms with Gasteiger partial charge in [0.2, 0.25) is 5.91 Å². The van der Waals surface area contributed by atoms with Gasteiger partial charge in [-0.25, -0.2) is 8.42 Å². The molecule has 0 aliphatic rings. The van der Waals surface area contributed by atoms with Crippen molar-refractivity contribution < 1.29 is 17.9 Å². The lowest BCUT2D eigenvalue weighted by Gasteiger charge is -2.11. The smallest absolute Gasteiger partial charge is 0.262 e. The Balaban J connectivity index is 1.63. The van der Waals surface area contributed by atoms with Crippen molar-refractivity contribution in [2.45, 2.75) is 11.4 Å². The lowest BCUT2D eigenvalue weighted by atomic mass is 10.2. The molecule has 1 heterocycles. The number of thiophene rings is 1. The van der Waals surface area contributed by atoms with Gasteiger partial charge < -0.3 is 10.1 Å². The monoisotopic (exact) mass is 428 g/mol. The number of amides is 1. The van der Waals surface area contributed by atoms with Gasteiger partial charge in [0.1, 0.15) is 5.75 Å². The fourth-order valence-electron chi connectivity index (χ4n) is 2.51. The molecule has 1 aromatic heterocycles. The molecule has 0 saturated heterocycles. The Morgan fingerprint density at radius 1 is 1.07 bits per heavy atom. The van der Waals surface area contributed by atoms with Crippen LogP contribution in [0.25, 0.3) is 6.08 Å². The van der Waals surface area contributed by atoms with Crippen LogP contribution in [0.4, 0.5) is 5.69 Å². The number of para-hydroxylation sites is 2. The highest BCUT2D eigenvalue weighted by Crippen LogP contribution is 2.26. The number of ether oxygens (including phenoxy) is 1. The maximum Gasteiger partial charge on any atom is 0.262 e. The molecule has 0 aliphatic carbocycles. The SMILES string of the molecule is COc1ccccc1NS(=O)(=O)c1ccc(/C=C/C(=O)NCc2cccs2)cc1. The quantitative estimate of drug-likeness (QED) is 0.533. The number of methoxy groups -OCH3 is 1. The summed E-state index contributed by atoms with van der Waals surface area (Å²) in [5, 5.41) is 4.75. The molecule has 0 radical (unpaired) electrons. The zero-order valence-corrected chi connectivity index (χ0v) is 17.3. The van der Waals surface area contributed by atoms with Gasteiger partial charge in [-0.3, -0.25) is 9.52 Å². The van der Waals surface area contributed by atoms with E-state index in [1.807, 2.05) is 17.5 Å². The molecule has 0 fully saturated rings. The summed E-state index contributed by atoms with van der Waals surface area (Å²) in [6, 6.07) is 16.9. The van der Waals surface area contributed by atoms with Crippen molar-refractivity contribution in [1.29, 1.82) is 0 Å². The molecule has 29 heavy (non-hydrogen) atoms. The van der Waals surface area contributed by atoms with E-state index in [4.69, 9.17) is 4.74 Å². The maximum atomic E-state index is 12.6. The lowest BCUT2D eigenvalue weighted by molar-refractivity contribution is -0.116. The zero-order chi connectivity index (χ0) is 20.7. The first-order valence-corrected chi connectivity index (χ1v) is 11.1. The third kappa shape index (κ3) is 5.69. The molecule has 2 aromatic carbocycles. The standard InChI is InChI=1S/C21H20N2O4S2/c1-27-20-7-3-2-6-19(20)23-29(25,26)18-11-8-16(9-12-18)10-13-21(24)22-15-17-5-4-14-28-17/h2-14,23H,15H2,1H3,(H,22,24)/b13-10+. The van der Waals surface area contributed by atoms with Crippen LogP contribution in [0.2, 0.25) is 0 Å². The molecule has 0 aliphatic heterocycles. The molecule has 2 N–H and O–H groups in total. The number of sulfonamides is 1. The Hall–Kier alpha value is -3.10. The minimum atomic E-state index is -3.76. The number of carbonyl (C=O) groups excluding carboxylic acids is 1. The van der Waals surface area contributed by atoms with Gasteiger partial charge in [0.25, 0.3) is 10.0 Å². The molecule has 8 heteroatoms. The van der Waals surface area contributed by atoms with E-state index < -0.39 is 10.0 Å². The minimum absolute atomic E-state index is 0.114. The molecule has 0 spiro atoms. The van der Waals surface area contributed by atoms with Crippen LogP contribution >= 0.6 is 11.3 Å². The topological polar surface area (TPSA) is 84.5 Å². The third-order valence-electron chi connectivity index (χ3n) is 3.99. The molecule has 3 rings (SSSR count). The van der Waals surface area contributed by atoms with Crippen LogP contribution in [-0.2, 0) is 21.4 Å². The van der Waals surface area contributed by atoms with Gasteiger partial charge in [-0.1, -0.05) is 30.3 Å². The second kappa shape index (κ2) is 9.40. The fraction of sp³-hybridized carbons (Fsp3) is 0.0952. The van der Waals surface area contributed by atoms with Crippen molar-refractivity contribution in [2.75, 3.05) is 11.8 Å². The van der Waals surface area contributed by atoms with Crippen molar-refractivity contribution in [3.63, 3.8) is 0 Å². The molecule has 0 saturated carbocycles. The average molecular weight is 429 g/mol. The number of carbonyl (C=O) groups is 1. The second-order valence-corrected chi connectivity index (χ2v) is 8.72. The third-order valence-corrected chi connectivity index (χ3v) is 6.24. The molecule has 0 bridgehead atoms. The predicted molar refractivity (Wildman–Crippen MR) is 115 cm³/mol. The van der Waals surface area contributed by atoms with E-state index in [1.54, 1.807) is 53.8 Å². The van der Waals surface area contributed by atoms with Gasteiger partial charge in [0.05, 0.1) is 24.2 Å². The number of rotatable bonds is 8. The number of benzene rings is 2. The first-order valence-electron chi connectivity index (χ1n) is 8.72. The van der Waals surface area contributed by atoms with Gasteiger partial charge in [-0.2, -0.15) is 0 Å². The highest BCUT2D eigenvalue weighted by Gasteiger charge is 2.16. The summed E-state index contributed by atoms with van der Waals surface area (Å²) >= 11 is 1.58. The molecule has 6 nitrogen and oxygen atoms in total. The van der Waals surface area contributed by atoms with E-state index in [1.165, 1.54) is 25.3 Å². The van der Waals surface area contributed by atoms with Crippen molar-refractivity contribution in [3.05, 3.63) is 82.6 Å². The summed E-state index contributed by atoms with van der Waals surface area (Å²) < 4.78 is 32.9. The number of anilines is 1. The second-order valence-electron chi connectivity index (χ2n) is 6.01. The van der Waals surface area contributed by atoms with Crippen LogP contribution in [-0.4, -0.2) is 21.4 Å². The minimum Gasteiger partial charge on any atom is -0.495 e. The van der Waals surface area contributed by atoms with E-state index in [-0.39, 0.29) is 10.8 Å². The molecular weight excluding hydrogens is 408 g/mol.